The van der Waals surface area contributed by atoms with Gasteiger partial charge in [-0.3, -0.25) is 4.79 Å². The van der Waals surface area contributed by atoms with E-state index in [0.29, 0.717) is 36.9 Å². The summed E-state index contributed by atoms with van der Waals surface area (Å²) in [5.41, 5.74) is 1.15. The molecule has 0 bridgehead atoms. The molecule has 0 amide bonds. The van der Waals surface area contributed by atoms with Crippen molar-refractivity contribution in [2.75, 3.05) is 19.8 Å². The van der Waals surface area contributed by atoms with Gasteiger partial charge >= 0.3 is 0 Å². The zero-order valence-corrected chi connectivity index (χ0v) is 11.3. The van der Waals surface area contributed by atoms with Crippen LogP contribution in [0.4, 0.5) is 0 Å². The minimum atomic E-state index is 0.345. The number of carbonyl (C=O) groups is 1. The molecule has 1 rings (SSSR count). The van der Waals surface area contributed by atoms with Crippen molar-refractivity contribution in [2.24, 2.45) is 5.92 Å². The molecule has 0 aliphatic rings. The molecule has 100 valence electrons. The standard InChI is InChI=1S/C14H21NO3/c1-11(2)6-7-17-8-9-18-14-5-4-12(3)15-13(14)10-16/h4-5,10-11H,6-9H2,1-3H3. The number of rotatable bonds is 8. The second-order valence-electron chi connectivity index (χ2n) is 4.60. The highest BCUT2D eigenvalue weighted by atomic mass is 16.5. The Morgan fingerprint density at radius 2 is 2.06 bits per heavy atom. The van der Waals surface area contributed by atoms with Crippen LogP contribution >= 0.6 is 0 Å². The predicted octanol–water partition coefficient (Wildman–Crippen LogP) is 2.64. The molecule has 4 nitrogen and oxygen atoms in total. The topological polar surface area (TPSA) is 48.4 Å². The summed E-state index contributed by atoms with van der Waals surface area (Å²) in [6.45, 7) is 7.87. The van der Waals surface area contributed by atoms with E-state index in [2.05, 4.69) is 18.8 Å². The fourth-order valence-corrected chi connectivity index (χ4v) is 1.40. The lowest BCUT2D eigenvalue weighted by Gasteiger charge is -2.09. The van der Waals surface area contributed by atoms with Crippen molar-refractivity contribution in [1.82, 2.24) is 4.98 Å². The molecule has 0 aliphatic carbocycles. The van der Waals surface area contributed by atoms with E-state index in [4.69, 9.17) is 9.47 Å². The maximum Gasteiger partial charge on any atom is 0.172 e. The Labute approximate surface area is 108 Å². The Morgan fingerprint density at radius 1 is 1.28 bits per heavy atom. The first-order chi connectivity index (χ1) is 8.63. The normalized spacial score (nSPS) is 10.7. The molecule has 0 N–H and O–H groups in total. The van der Waals surface area contributed by atoms with Gasteiger partial charge in [-0.2, -0.15) is 0 Å². The van der Waals surface area contributed by atoms with E-state index in [1.807, 2.05) is 13.0 Å². The summed E-state index contributed by atoms with van der Waals surface area (Å²) in [6.07, 6.45) is 1.76. The molecule has 0 fully saturated rings. The number of hydrogen-bond acceptors (Lipinski definition) is 4. The third-order valence-corrected chi connectivity index (χ3v) is 2.46. The lowest BCUT2D eigenvalue weighted by molar-refractivity contribution is 0.0915. The van der Waals surface area contributed by atoms with Gasteiger partial charge in [0.2, 0.25) is 0 Å². The van der Waals surface area contributed by atoms with Crippen LogP contribution in [0.1, 0.15) is 36.5 Å². The van der Waals surface area contributed by atoms with Gasteiger partial charge in [-0.15, -0.1) is 0 Å². The van der Waals surface area contributed by atoms with E-state index in [9.17, 15) is 4.79 Å². The molecule has 0 spiro atoms. The molecule has 1 aromatic rings. The van der Waals surface area contributed by atoms with Crippen molar-refractivity contribution in [1.29, 1.82) is 0 Å². The quantitative estimate of drug-likeness (QED) is 0.526. The van der Waals surface area contributed by atoms with Gasteiger partial charge in [0.15, 0.2) is 6.29 Å². The molecule has 0 saturated carbocycles. The molecule has 0 atom stereocenters. The second-order valence-corrected chi connectivity index (χ2v) is 4.60. The van der Waals surface area contributed by atoms with Crippen LogP contribution in [0.15, 0.2) is 12.1 Å². The van der Waals surface area contributed by atoms with Gasteiger partial charge in [-0.25, -0.2) is 4.98 Å². The number of aromatic nitrogens is 1. The van der Waals surface area contributed by atoms with Crippen LogP contribution < -0.4 is 4.74 Å². The summed E-state index contributed by atoms with van der Waals surface area (Å²) in [5, 5.41) is 0. The highest BCUT2D eigenvalue weighted by Crippen LogP contribution is 2.14. The first kappa shape index (κ1) is 14.6. The molecule has 0 aromatic carbocycles. The van der Waals surface area contributed by atoms with Crippen molar-refractivity contribution in [3.05, 3.63) is 23.5 Å². The van der Waals surface area contributed by atoms with E-state index in [1.54, 1.807) is 6.07 Å². The average molecular weight is 251 g/mol. The van der Waals surface area contributed by atoms with Crippen molar-refractivity contribution >= 4 is 6.29 Å². The third-order valence-electron chi connectivity index (χ3n) is 2.46. The molecule has 0 radical (unpaired) electrons. The summed E-state index contributed by atoms with van der Waals surface area (Å²) >= 11 is 0. The number of pyridine rings is 1. The molecule has 4 heteroatoms. The highest BCUT2D eigenvalue weighted by molar-refractivity contribution is 5.76. The van der Waals surface area contributed by atoms with E-state index < -0.39 is 0 Å². The third kappa shape index (κ3) is 5.27. The SMILES string of the molecule is Cc1ccc(OCCOCCC(C)C)c(C=O)n1. The zero-order valence-electron chi connectivity index (χ0n) is 11.3. The van der Waals surface area contributed by atoms with Gasteiger partial charge in [0.05, 0.1) is 6.61 Å². The number of nitrogens with zero attached hydrogens (tertiary/aromatic N) is 1. The number of ether oxygens (including phenoxy) is 2. The maximum absolute atomic E-state index is 10.8. The minimum Gasteiger partial charge on any atom is -0.489 e. The lowest BCUT2D eigenvalue weighted by Crippen LogP contribution is -2.10. The van der Waals surface area contributed by atoms with Crippen LogP contribution in [0.25, 0.3) is 0 Å². The van der Waals surface area contributed by atoms with Crippen molar-refractivity contribution in [3.63, 3.8) is 0 Å². The summed E-state index contributed by atoms with van der Waals surface area (Å²) in [7, 11) is 0. The summed E-state index contributed by atoms with van der Waals surface area (Å²) in [5.74, 6) is 1.16. The minimum absolute atomic E-state index is 0.345. The van der Waals surface area contributed by atoms with Gasteiger partial charge < -0.3 is 9.47 Å². The van der Waals surface area contributed by atoms with Crippen LogP contribution in [0, 0.1) is 12.8 Å². The molecule has 0 saturated heterocycles. The lowest BCUT2D eigenvalue weighted by atomic mass is 10.1. The Kier molecular flexibility index (Phi) is 6.36. The van der Waals surface area contributed by atoms with E-state index in [-0.39, 0.29) is 0 Å². The Bertz CT molecular complexity index is 377. The number of hydrogen-bond donors (Lipinski definition) is 0. The molecule has 18 heavy (non-hydrogen) atoms. The summed E-state index contributed by atoms with van der Waals surface area (Å²) in [4.78, 5) is 14.9. The predicted molar refractivity (Wildman–Crippen MR) is 70.1 cm³/mol. The van der Waals surface area contributed by atoms with Crippen LogP contribution in [0.5, 0.6) is 5.75 Å². The largest absolute Gasteiger partial charge is 0.489 e. The Hall–Kier alpha value is -1.42. The molecular weight excluding hydrogens is 230 g/mol. The van der Waals surface area contributed by atoms with E-state index in [0.717, 1.165) is 18.7 Å². The zero-order chi connectivity index (χ0) is 13.4. The maximum atomic E-state index is 10.8. The fourth-order valence-electron chi connectivity index (χ4n) is 1.40. The van der Waals surface area contributed by atoms with E-state index in [1.165, 1.54) is 0 Å². The van der Waals surface area contributed by atoms with Gasteiger partial charge in [0.25, 0.3) is 0 Å². The summed E-state index contributed by atoms with van der Waals surface area (Å²) in [6, 6.07) is 3.59. The second kappa shape index (κ2) is 7.82. The number of carbonyl (C=O) groups excluding carboxylic acids is 1. The van der Waals surface area contributed by atoms with Crippen LogP contribution in [-0.4, -0.2) is 31.1 Å². The smallest absolute Gasteiger partial charge is 0.172 e. The van der Waals surface area contributed by atoms with Crippen molar-refractivity contribution < 1.29 is 14.3 Å². The van der Waals surface area contributed by atoms with Crippen molar-refractivity contribution in [3.8, 4) is 5.75 Å². The average Bonchev–Trinajstić information content (AvgIpc) is 2.34. The molecule has 1 aromatic heterocycles. The fraction of sp³-hybridized carbons (Fsp3) is 0.571. The van der Waals surface area contributed by atoms with Crippen LogP contribution in [-0.2, 0) is 4.74 Å². The van der Waals surface area contributed by atoms with Crippen molar-refractivity contribution in [2.45, 2.75) is 27.2 Å². The Balaban J connectivity index is 2.29. The number of aryl methyl sites for hydroxylation is 1. The Morgan fingerprint density at radius 3 is 2.72 bits per heavy atom. The molecule has 0 aliphatic heterocycles. The van der Waals surface area contributed by atoms with Gasteiger partial charge in [-0.05, 0) is 31.4 Å². The van der Waals surface area contributed by atoms with Crippen LogP contribution in [0.2, 0.25) is 0 Å². The molecular formula is C14H21NO3. The molecule has 0 unspecified atom stereocenters. The first-order valence-corrected chi connectivity index (χ1v) is 6.27. The van der Waals surface area contributed by atoms with Crippen LogP contribution in [0.3, 0.4) is 0 Å². The monoisotopic (exact) mass is 251 g/mol. The van der Waals surface area contributed by atoms with Gasteiger partial charge in [0, 0.05) is 12.3 Å². The van der Waals surface area contributed by atoms with E-state index >= 15 is 0 Å². The number of aldehydes is 1. The van der Waals surface area contributed by atoms with Gasteiger partial charge in [0.1, 0.15) is 18.1 Å². The first-order valence-electron chi connectivity index (χ1n) is 6.27. The van der Waals surface area contributed by atoms with Gasteiger partial charge in [-0.1, -0.05) is 13.8 Å². The summed E-state index contributed by atoms with van der Waals surface area (Å²) < 4.78 is 10.9. The molecule has 1 heterocycles. The highest BCUT2D eigenvalue weighted by Gasteiger charge is 2.04.